The number of hydrogen-bond acceptors (Lipinski definition) is 3. The molecule has 1 heterocycles. The summed E-state index contributed by atoms with van der Waals surface area (Å²) in [7, 11) is 0. The molecule has 2 N–H and O–H groups in total. The Balaban J connectivity index is 1.86. The average Bonchev–Trinajstić information content (AvgIpc) is 2.55. The van der Waals surface area contributed by atoms with Crippen molar-refractivity contribution in [3.05, 3.63) is 0 Å². The number of nitrogens with one attached hydrogen (secondary N) is 1. The second kappa shape index (κ2) is 5.94. The zero-order valence-electron chi connectivity index (χ0n) is 7.79. The Bertz CT molecular complexity index is 155. The molecule has 1 saturated heterocycles. The van der Waals surface area contributed by atoms with Crippen molar-refractivity contribution in [3.8, 4) is 0 Å². The minimum atomic E-state index is -0.723. The smallest absolute Gasteiger partial charge is 0.303 e. The van der Waals surface area contributed by atoms with Gasteiger partial charge in [0.25, 0.3) is 0 Å². The summed E-state index contributed by atoms with van der Waals surface area (Å²) in [4.78, 5) is 10.2. The Morgan fingerprint density at radius 3 is 3.08 bits per heavy atom. The molecule has 0 bridgehead atoms. The van der Waals surface area contributed by atoms with Gasteiger partial charge in [0, 0.05) is 19.6 Å². The second-order valence-corrected chi connectivity index (χ2v) is 3.34. The van der Waals surface area contributed by atoms with E-state index in [1.165, 1.54) is 0 Å². The Morgan fingerprint density at radius 2 is 2.46 bits per heavy atom. The third-order valence-corrected chi connectivity index (χ3v) is 2.14. The van der Waals surface area contributed by atoms with Crippen LogP contribution in [0.1, 0.15) is 25.7 Å². The highest BCUT2D eigenvalue weighted by Gasteiger charge is 2.14. The molecule has 0 radical (unpaired) electrons. The molecule has 4 nitrogen and oxygen atoms in total. The van der Waals surface area contributed by atoms with Crippen LogP contribution in [0.15, 0.2) is 0 Å². The lowest BCUT2D eigenvalue weighted by molar-refractivity contribution is -0.137. The van der Waals surface area contributed by atoms with Gasteiger partial charge in [-0.1, -0.05) is 0 Å². The maximum Gasteiger partial charge on any atom is 0.303 e. The number of carboxylic acid groups (broad SMARTS) is 1. The molecule has 4 heteroatoms. The average molecular weight is 187 g/mol. The Kier molecular flexibility index (Phi) is 4.78. The molecule has 0 saturated carbocycles. The van der Waals surface area contributed by atoms with Crippen molar-refractivity contribution in [2.24, 2.45) is 0 Å². The van der Waals surface area contributed by atoms with E-state index in [0.717, 1.165) is 32.5 Å². The normalized spacial score (nSPS) is 22.0. The largest absolute Gasteiger partial charge is 0.481 e. The monoisotopic (exact) mass is 187 g/mol. The molecule has 1 unspecified atom stereocenters. The number of aliphatic carboxylic acids is 1. The van der Waals surface area contributed by atoms with E-state index < -0.39 is 5.97 Å². The fourth-order valence-electron chi connectivity index (χ4n) is 1.43. The Morgan fingerprint density at radius 1 is 1.62 bits per heavy atom. The molecule has 1 rings (SSSR count). The highest BCUT2D eigenvalue weighted by molar-refractivity contribution is 5.66. The molecule has 1 aliphatic rings. The third-order valence-electron chi connectivity index (χ3n) is 2.14. The van der Waals surface area contributed by atoms with Gasteiger partial charge in [-0.2, -0.15) is 0 Å². The summed E-state index contributed by atoms with van der Waals surface area (Å²) in [6.45, 7) is 2.51. The van der Waals surface area contributed by atoms with Gasteiger partial charge < -0.3 is 15.2 Å². The lowest BCUT2D eigenvalue weighted by atomic mass is 10.2. The lowest BCUT2D eigenvalue weighted by Crippen LogP contribution is -2.27. The minimum Gasteiger partial charge on any atom is -0.481 e. The van der Waals surface area contributed by atoms with Crippen molar-refractivity contribution in [2.75, 3.05) is 19.7 Å². The van der Waals surface area contributed by atoms with Crippen molar-refractivity contribution in [2.45, 2.75) is 31.8 Å². The highest BCUT2D eigenvalue weighted by atomic mass is 16.5. The maximum absolute atomic E-state index is 10.2. The number of carbonyl (C=O) groups is 1. The van der Waals surface area contributed by atoms with E-state index in [-0.39, 0.29) is 6.42 Å². The topological polar surface area (TPSA) is 58.6 Å². The molecular weight excluding hydrogens is 170 g/mol. The summed E-state index contributed by atoms with van der Waals surface area (Å²) in [5.74, 6) is -0.723. The zero-order valence-corrected chi connectivity index (χ0v) is 7.79. The zero-order chi connectivity index (χ0) is 9.52. The number of ether oxygens (including phenoxy) is 1. The summed E-state index contributed by atoms with van der Waals surface area (Å²) in [6.07, 6.45) is 3.58. The molecule has 0 aliphatic carbocycles. The number of rotatable bonds is 6. The fraction of sp³-hybridized carbons (Fsp3) is 0.889. The summed E-state index contributed by atoms with van der Waals surface area (Å²) in [5, 5.41) is 11.6. The first-order valence-corrected chi connectivity index (χ1v) is 4.83. The van der Waals surface area contributed by atoms with Crippen LogP contribution < -0.4 is 5.32 Å². The molecule has 0 spiro atoms. The van der Waals surface area contributed by atoms with Gasteiger partial charge in [0.1, 0.15) is 0 Å². The van der Waals surface area contributed by atoms with Crippen LogP contribution in [0.2, 0.25) is 0 Å². The van der Waals surface area contributed by atoms with Gasteiger partial charge >= 0.3 is 5.97 Å². The third kappa shape index (κ3) is 4.85. The molecule has 0 aromatic heterocycles. The number of hydrogen-bond donors (Lipinski definition) is 2. The van der Waals surface area contributed by atoms with E-state index in [0.29, 0.717) is 12.5 Å². The van der Waals surface area contributed by atoms with E-state index in [4.69, 9.17) is 9.84 Å². The van der Waals surface area contributed by atoms with Crippen molar-refractivity contribution in [1.29, 1.82) is 0 Å². The van der Waals surface area contributed by atoms with E-state index in [1.807, 2.05) is 0 Å². The fourth-order valence-corrected chi connectivity index (χ4v) is 1.43. The first-order valence-electron chi connectivity index (χ1n) is 4.83. The van der Waals surface area contributed by atoms with E-state index in [9.17, 15) is 4.79 Å². The molecule has 13 heavy (non-hydrogen) atoms. The van der Waals surface area contributed by atoms with Gasteiger partial charge in [-0.05, 0) is 25.8 Å². The summed E-state index contributed by atoms with van der Waals surface area (Å²) in [6, 6.07) is 0. The van der Waals surface area contributed by atoms with Gasteiger partial charge in [0.05, 0.1) is 6.10 Å². The molecule has 1 aliphatic heterocycles. The quantitative estimate of drug-likeness (QED) is 0.598. The van der Waals surface area contributed by atoms with Crippen LogP contribution in [0.25, 0.3) is 0 Å². The SMILES string of the molecule is O=C(O)CCCNCC1CCCO1. The van der Waals surface area contributed by atoms with Gasteiger partial charge in [0.2, 0.25) is 0 Å². The standard InChI is InChI=1S/C9H17NO3/c11-9(12)4-1-5-10-7-8-3-2-6-13-8/h8,10H,1-7H2,(H,11,12). The van der Waals surface area contributed by atoms with Crippen molar-refractivity contribution < 1.29 is 14.6 Å². The van der Waals surface area contributed by atoms with Crippen LogP contribution in [0.5, 0.6) is 0 Å². The number of carboxylic acids is 1. The van der Waals surface area contributed by atoms with Crippen molar-refractivity contribution in [3.63, 3.8) is 0 Å². The molecular formula is C9H17NO3. The van der Waals surface area contributed by atoms with Gasteiger partial charge in [-0.15, -0.1) is 0 Å². The predicted octanol–water partition coefficient (Wildman–Crippen LogP) is 0.620. The van der Waals surface area contributed by atoms with E-state index in [1.54, 1.807) is 0 Å². The van der Waals surface area contributed by atoms with Crippen LogP contribution >= 0.6 is 0 Å². The van der Waals surface area contributed by atoms with Crippen molar-refractivity contribution in [1.82, 2.24) is 5.32 Å². The minimum absolute atomic E-state index is 0.249. The molecule has 0 aromatic carbocycles. The Labute approximate surface area is 78.3 Å². The van der Waals surface area contributed by atoms with Crippen LogP contribution in [0.3, 0.4) is 0 Å². The van der Waals surface area contributed by atoms with Gasteiger partial charge in [-0.3, -0.25) is 4.79 Å². The summed E-state index contributed by atoms with van der Waals surface area (Å²) >= 11 is 0. The summed E-state index contributed by atoms with van der Waals surface area (Å²) in [5.41, 5.74) is 0. The maximum atomic E-state index is 10.2. The molecule has 76 valence electrons. The first-order chi connectivity index (χ1) is 6.29. The second-order valence-electron chi connectivity index (χ2n) is 3.34. The molecule has 1 fully saturated rings. The Hall–Kier alpha value is -0.610. The van der Waals surface area contributed by atoms with Crippen LogP contribution in [0.4, 0.5) is 0 Å². The van der Waals surface area contributed by atoms with E-state index in [2.05, 4.69) is 5.32 Å². The van der Waals surface area contributed by atoms with Crippen LogP contribution in [-0.2, 0) is 9.53 Å². The molecule has 1 atom stereocenters. The first kappa shape index (κ1) is 10.5. The molecule has 0 aromatic rings. The molecule has 0 amide bonds. The lowest BCUT2D eigenvalue weighted by Gasteiger charge is -2.09. The summed E-state index contributed by atoms with van der Waals surface area (Å²) < 4.78 is 5.40. The van der Waals surface area contributed by atoms with E-state index >= 15 is 0 Å². The van der Waals surface area contributed by atoms with Gasteiger partial charge in [0.15, 0.2) is 0 Å². The highest BCUT2D eigenvalue weighted by Crippen LogP contribution is 2.10. The van der Waals surface area contributed by atoms with Crippen LogP contribution in [-0.4, -0.2) is 36.9 Å². The predicted molar refractivity (Wildman–Crippen MR) is 48.7 cm³/mol. The van der Waals surface area contributed by atoms with Crippen molar-refractivity contribution >= 4 is 5.97 Å². The van der Waals surface area contributed by atoms with Crippen LogP contribution in [0, 0.1) is 0 Å². The van der Waals surface area contributed by atoms with Gasteiger partial charge in [-0.25, -0.2) is 0 Å².